The molecule has 0 aliphatic carbocycles. The van der Waals surface area contributed by atoms with Gasteiger partial charge in [-0.05, 0) is 24.6 Å². The van der Waals surface area contributed by atoms with E-state index in [9.17, 15) is 0 Å². The standard InChI is InChI=1S/C13H15N7S/c14-9-8-19-7-5-15-11(19)12(16-9)21-13-18-17-10-4-2-1-3-6-20(10)13/h5,7-8H,1-4,6,14H2. The predicted octanol–water partition coefficient (Wildman–Crippen LogP) is 1.78. The Hall–Kier alpha value is -2.09. The first-order valence-electron chi connectivity index (χ1n) is 7.00. The lowest BCUT2D eigenvalue weighted by Gasteiger charge is -2.07. The molecule has 21 heavy (non-hydrogen) atoms. The Labute approximate surface area is 125 Å². The largest absolute Gasteiger partial charge is 0.382 e. The molecule has 3 aromatic rings. The maximum atomic E-state index is 5.86. The second kappa shape index (κ2) is 5.03. The van der Waals surface area contributed by atoms with E-state index in [0.717, 1.165) is 34.6 Å². The van der Waals surface area contributed by atoms with Crippen LogP contribution in [0.5, 0.6) is 0 Å². The molecule has 0 spiro atoms. The minimum atomic E-state index is 0.471. The zero-order chi connectivity index (χ0) is 14.2. The molecule has 0 bridgehead atoms. The normalized spacial score (nSPS) is 15.0. The van der Waals surface area contributed by atoms with E-state index in [4.69, 9.17) is 5.73 Å². The van der Waals surface area contributed by atoms with Crippen molar-refractivity contribution in [1.82, 2.24) is 29.1 Å². The minimum Gasteiger partial charge on any atom is -0.382 e. The number of imidazole rings is 1. The van der Waals surface area contributed by atoms with Crippen molar-refractivity contribution in [2.45, 2.75) is 42.4 Å². The van der Waals surface area contributed by atoms with E-state index in [2.05, 4.69) is 24.7 Å². The summed E-state index contributed by atoms with van der Waals surface area (Å²) < 4.78 is 4.08. The first kappa shape index (κ1) is 12.6. The van der Waals surface area contributed by atoms with Gasteiger partial charge in [-0.1, -0.05) is 6.42 Å². The second-order valence-corrected chi connectivity index (χ2v) is 6.05. The molecule has 0 atom stereocenters. The number of rotatable bonds is 2. The SMILES string of the molecule is Nc1cn2ccnc2c(Sc2nnc3n2CCCCC3)n1. The molecule has 0 saturated carbocycles. The molecule has 3 aromatic heterocycles. The van der Waals surface area contributed by atoms with Gasteiger partial charge in [0, 0.05) is 25.4 Å². The van der Waals surface area contributed by atoms with Crippen molar-refractivity contribution >= 4 is 23.2 Å². The molecule has 1 aliphatic heterocycles. The molecule has 4 heterocycles. The zero-order valence-corrected chi connectivity index (χ0v) is 12.3. The van der Waals surface area contributed by atoms with Gasteiger partial charge in [0.05, 0.1) is 6.20 Å². The third-order valence-electron chi connectivity index (χ3n) is 3.63. The Balaban J connectivity index is 1.75. The van der Waals surface area contributed by atoms with Crippen LogP contribution in [-0.2, 0) is 13.0 Å². The summed E-state index contributed by atoms with van der Waals surface area (Å²) in [6, 6.07) is 0. The first-order valence-corrected chi connectivity index (χ1v) is 7.82. The highest BCUT2D eigenvalue weighted by Gasteiger charge is 2.18. The summed E-state index contributed by atoms with van der Waals surface area (Å²) in [6.45, 7) is 0.970. The van der Waals surface area contributed by atoms with Gasteiger partial charge < -0.3 is 14.7 Å². The highest BCUT2D eigenvalue weighted by Crippen LogP contribution is 2.30. The summed E-state index contributed by atoms with van der Waals surface area (Å²) in [5.74, 6) is 1.54. The molecule has 108 valence electrons. The van der Waals surface area contributed by atoms with Gasteiger partial charge in [0.25, 0.3) is 0 Å². The van der Waals surface area contributed by atoms with E-state index in [-0.39, 0.29) is 0 Å². The van der Waals surface area contributed by atoms with Crippen LogP contribution in [0, 0.1) is 0 Å². The van der Waals surface area contributed by atoms with Crippen LogP contribution in [0.4, 0.5) is 5.82 Å². The number of hydrogen-bond donors (Lipinski definition) is 1. The molecular formula is C13H15N7S. The van der Waals surface area contributed by atoms with E-state index in [1.54, 1.807) is 12.4 Å². The highest BCUT2D eigenvalue weighted by molar-refractivity contribution is 7.99. The van der Waals surface area contributed by atoms with E-state index >= 15 is 0 Å². The summed E-state index contributed by atoms with van der Waals surface area (Å²) in [5, 5.41) is 10.3. The van der Waals surface area contributed by atoms with E-state index in [1.807, 2.05) is 10.6 Å². The highest BCUT2D eigenvalue weighted by atomic mass is 32.2. The van der Waals surface area contributed by atoms with Crippen LogP contribution in [0.25, 0.3) is 5.65 Å². The van der Waals surface area contributed by atoms with Gasteiger partial charge in [0.2, 0.25) is 0 Å². The average molecular weight is 301 g/mol. The van der Waals surface area contributed by atoms with E-state index in [0.29, 0.717) is 5.82 Å². The Kier molecular flexibility index (Phi) is 3.03. The number of aryl methyl sites for hydroxylation is 1. The lowest BCUT2D eigenvalue weighted by molar-refractivity contribution is 0.590. The van der Waals surface area contributed by atoms with Gasteiger partial charge in [0.15, 0.2) is 10.8 Å². The number of nitrogens with zero attached hydrogens (tertiary/aromatic N) is 6. The van der Waals surface area contributed by atoms with Gasteiger partial charge in [-0.25, -0.2) is 9.97 Å². The number of nitrogens with two attached hydrogens (primary N) is 1. The van der Waals surface area contributed by atoms with Gasteiger partial charge in [-0.15, -0.1) is 10.2 Å². The van der Waals surface area contributed by atoms with Crippen molar-refractivity contribution in [3.05, 3.63) is 24.4 Å². The van der Waals surface area contributed by atoms with Crippen molar-refractivity contribution in [2.75, 3.05) is 5.73 Å². The summed E-state index contributed by atoms with van der Waals surface area (Å²) in [7, 11) is 0. The fourth-order valence-electron chi connectivity index (χ4n) is 2.61. The molecule has 0 radical (unpaired) electrons. The van der Waals surface area contributed by atoms with Gasteiger partial charge in [-0.2, -0.15) is 0 Å². The lowest BCUT2D eigenvalue weighted by atomic mass is 10.2. The van der Waals surface area contributed by atoms with Crippen molar-refractivity contribution in [3.63, 3.8) is 0 Å². The average Bonchev–Trinajstić information content (AvgIpc) is 3.00. The maximum Gasteiger partial charge on any atom is 0.197 e. The minimum absolute atomic E-state index is 0.471. The Bertz CT molecular complexity index is 791. The number of aromatic nitrogens is 6. The van der Waals surface area contributed by atoms with Crippen molar-refractivity contribution in [2.24, 2.45) is 0 Å². The molecule has 0 amide bonds. The Morgan fingerprint density at radius 1 is 1.19 bits per heavy atom. The van der Waals surface area contributed by atoms with Crippen LogP contribution >= 0.6 is 11.8 Å². The summed E-state index contributed by atoms with van der Waals surface area (Å²) in [5.41, 5.74) is 6.65. The van der Waals surface area contributed by atoms with E-state index in [1.165, 1.54) is 31.0 Å². The smallest absolute Gasteiger partial charge is 0.197 e. The third-order valence-corrected chi connectivity index (χ3v) is 4.58. The maximum absolute atomic E-state index is 5.86. The van der Waals surface area contributed by atoms with Crippen LogP contribution in [0.1, 0.15) is 25.1 Å². The molecule has 0 aromatic carbocycles. The molecular weight excluding hydrogens is 286 g/mol. The third kappa shape index (κ3) is 2.25. The second-order valence-electron chi connectivity index (χ2n) is 5.09. The molecule has 0 unspecified atom stereocenters. The monoisotopic (exact) mass is 301 g/mol. The van der Waals surface area contributed by atoms with Crippen molar-refractivity contribution in [3.8, 4) is 0 Å². The Morgan fingerprint density at radius 2 is 2.14 bits per heavy atom. The molecule has 1 aliphatic rings. The number of fused-ring (bicyclic) bond motifs is 2. The molecule has 0 saturated heterocycles. The first-order chi connectivity index (χ1) is 10.3. The van der Waals surface area contributed by atoms with Crippen LogP contribution in [0.2, 0.25) is 0 Å². The summed E-state index contributed by atoms with van der Waals surface area (Å²) in [6.07, 6.45) is 9.96. The van der Waals surface area contributed by atoms with Crippen LogP contribution in [0.15, 0.2) is 28.8 Å². The molecule has 2 N–H and O–H groups in total. The fraction of sp³-hybridized carbons (Fsp3) is 0.385. The zero-order valence-electron chi connectivity index (χ0n) is 11.4. The van der Waals surface area contributed by atoms with Gasteiger partial charge in [0.1, 0.15) is 16.7 Å². The number of anilines is 1. The lowest BCUT2D eigenvalue weighted by Crippen LogP contribution is -2.03. The van der Waals surface area contributed by atoms with Crippen LogP contribution in [0.3, 0.4) is 0 Å². The number of nitrogen functional groups attached to an aromatic ring is 1. The van der Waals surface area contributed by atoms with E-state index < -0.39 is 0 Å². The molecule has 4 rings (SSSR count). The van der Waals surface area contributed by atoms with Crippen molar-refractivity contribution in [1.29, 1.82) is 0 Å². The summed E-state index contributed by atoms with van der Waals surface area (Å²) >= 11 is 1.48. The van der Waals surface area contributed by atoms with Crippen molar-refractivity contribution < 1.29 is 0 Å². The van der Waals surface area contributed by atoms with Crippen LogP contribution < -0.4 is 5.73 Å². The van der Waals surface area contributed by atoms with Crippen LogP contribution in [-0.4, -0.2) is 29.1 Å². The van der Waals surface area contributed by atoms with Gasteiger partial charge >= 0.3 is 0 Å². The quantitative estimate of drug-likeness (QED) is 0.776. The topological polar surface area (TPSA) is 86.9 Å². The molecule has 8 heteroatoms. The summed E-state index contributed by atoms with van der Waals surface area (Å²) in [4.78, 5) is 8.73. The molecule has 0 fully saturated rings. The number of hydrogen-bond acceptors (Lipinski definition) is 6. The predicted molar refractivity (Wildman–Crippen MR) is 79.1 cm³/mol. The Morgan fingerprint density at radius 3 is 3.10 bits per heavy atom. The fourth-order valence-corrected chi connectivity index (χ4v) is 3.57. The van der Waals surface area contributed by atoms with Gasteiger partial charge in [-0.3, -0.25) is 0 Å². The molecule has 7 nitrogen and oxygen atoms in total.